The average Bonchev–Trinajstić information content (AvgIpc) is 3.44. The Bertz CT molecular complexity index is 1080. The lowest BCUT2D eigenvalue weighted by Gasteiger charge is -2.29. The number of hydrogen-bond donors (Lipinski definition) is 0. The van der Waals surface area contributed by atoms with Crippen molar-refractivity contribution in [3.8, 4) is 34.3 Å². The Labute approximate surface area is 187 Å². The first-order valence-electron chi connectivity index (χ1n) is 11.1. The molecule has 2 aliphatic heterocycles. The van der Waals surface area contributed by atoms with Gasteiger partial charge in [0, 0.05) is 23.7 Å². The van der Waals surface area contributed by atoms with Crippen molar-refractivity contribution in [3.05, 3.63) is 53.7 Å². The highest BCUT2D eigenvalue weighted by Gasteiger charge is 2.27. The minimum absolute atomic E-state index is 0.180. The summed E-state index contributed by atoms with van der Waals surface area (Å²) in [6.07, 6.45) is 4.59. The van der Waals surface area contributed by atoms with Crippen molar-refractivity contribution in [2.75, 3.05) is 27.6 Å². The van der Waals surface area contributed by atoms with E-state index in [-0.39, 0.29) is 12.8 Å². The molecular formula is C25H28N2O5. The van der Waals surface area contributed by atoms with Crippen molar-refractivity contribution in [1.29, 1.82) is 0 Å². The molecule has 3 heterocycles. The fraction of sp³-hybridized carbons (Fsp3) is 0.400. The van der Waals surface area contributed by atoms with Crippen LogP contribution in [0.4, 0.5) is 0 Å². The van der Waals surface area contributed by atoms with E-state index in [0.29, 0.717) is 0 Å². The molecule has 7 heteroatoms. The zero-order valence-corrected chi connectivity index (χ0v) is 18.5. The van der Waals surface area contributed by atoms with E-state index in [0.717, 1.165) is 71.5 Å². The SMILES string of the molecule is COc1cccc(CN2CCCCC[C@@H]2c2cc(-c3ccc4c(c3)OCO4)on2)c1OC. The van der Waals surface area contributed by atoms with Crippen LogP contribution in [0.15, 0.2) is 47.0 Å². The molecule has 5 rings (SSSR count). The van der Waals surface area contributed by atoms with E-state index in [1.165, 1.54) is 12.8 Å². The molecule has 168 valence electrons. The first-order valence-corrected chi connectivity index (χ1v) is 11.1. The highest BCUT2D eigenvalue weighted by atomic mass is 16.7. The molecule has 0 aliphatic carbocycles. The van der Waals surface area contributed by atoms with E-state index in [9.17, 15) is 0 Å². The van der Waals surface area contributed by atoms with Gasteiger partial charge >= 0.3 is 0 Å². The third-order valence-electron chi connectivity index (χ3n) is 6.25. The zero-order valence-electron chi connectivity index (χ0n) is 18.5. The summed E-state index contributed by atoms with van der Waals surface area (Å²) in [5.41, 5.74) is 3.00. The Morgan fingerprint density at radius 1 is 1.00 bits per heavy atom. The fourth-order valence-electron chi connectivity index (χ4n) is 4.62. The maximum absolute atomic E-state index is 5.77. The van der Waals surface area contributed by atoms with Gasteiger partial charge in [-0.1, -0.05) is 30.1 Å². The van der Waals surface area contributed by atoms with Crippen LogP contribution in [0.5, 0.6) is 23.0 Å². The quantitative estimate of drug-likeness (QED) is 0.526. The van der Waals surface area contributed by atoms with Crippen molar-refractivity contribution in [1.82, 2.24) is 10.1 Å². The molecule has 32 heavy (non-hydrogen) atoms. The first kappa shape index (κ1) is 20.7. The average molecular weight is 437 g/mol. The van der Waals surface area contributed by atoms with Crippen molar-refractivity contribution < 1.29 is 23.5 Å². The molecule has 0 amide bonds. The summed E-state index contributed by atoms with van der Waals surface area (Å²) < 4.78 is 27.9. The number of ether oxygens (including phenoxy) is 4. The number of hydrogen-bond acceptors (Lipinski definition) is 7. The number of aromatic nitrogens is 1. The lowest BCUT2D eigenvalue weighted by molar-refractivity contribution is 0.174. The summed E-state index contributed by atoms with van der Waals surface area (Å²) in [7, 11) is 3.36. The van der Waals surface area contributed by atoms with E-state index in [2.05, 4.69) is 22.2 Å². The Morgan fingerprint density at radius 3 is 2.78 bits per heavy atom. The Hall–Kier alpha value is -3.19. The van der Waals surface area contributed by atoms with Crippen molar-refractivity contribution in [3.63, 3.8) is 0 Å². The van der Waals surface area contributed by atoms with Crippen LogP contribution in [-0.2, 0) is 6.54 Å². The lowest BCUT2D eigenvalue weighted by atomic mass is 10.0. The largest absolute Gasteiger partial charge is 0.493 e. The van der Waals surface area contributed by atoms with Gasteiger partial charge in [-0.05, 0) is 43.7 Å². The molecule has 0 radical (unpaired) electrons. The van der Waals surface area contributed by atoms with Crippen molar-refractivity contribution in [2.24, 2.45) is 0 Å². The van der Waals surface area contributed by atoms with E-state index in [4.69, 9.17) is 23.5 Å². The molecule has 0 saturated carbocycles. The van der Waals surface area contributed by atoms with E-state index in [1.807, 2.05) is 30.3 Å². The predicted molar refractivity (Wildman–Crippen MR) is 119 cm³/mol. The third kappa shape index (κ3) is 4.00. The molecule has 1 aromatic heterocycles. The number of fused-ring (bicyclic) bond motifs is 1. The fourth-order valence-corrected chi connectivity index (χ4v) is 4.62. The number of benzene rings is 2. The minimum Gasteiger partial charge on any atom is -0.493 e. The zero-order chi connectivity index (χ0) is 21.9. The van der Waals surface area contributed by atoms with Crippen LogP contribution in [0.3, 0.4) is 0 Å². The summed E-state index contributed by atoms with van der Waals surface area (Å²) in [6.45, 7) is 2.01. The lowest BCUT2D eigenvalue weighted by Crippen LogP contribution is -2.28. The smallest absolute Gasteiger partial charge is 0.231 e. The molecule has 1 fully saturated rings. The number of rotatable bonds is 6. The van der Waals surface area contributed by atoms with E-state index >= 15 is 0 Å². The number of likely N-dealkylation sites (tertiary alicyclic amines) is 1. The van der Waals surface area contributed by atoms with Crippen LogP contribution < -0.4 is 18.9 Å². The van der Waals surface area contributed by atoms with Crippen LogP contribution in [0.25, 0.3) is 11.3 Å². The summed E-state index contributed by atoms with van der Waals surface area (Å²) in [4.78, 5) is 2.48. The monoisotopic (exact) mass is 436 g/mol. The second-order valence-corrected chi connectivity index (χ2v) is 8.17. The van der Waals surface area contributed by atoms with E-state index in [1.54, 1.807) is 14.2 Å². The predicted octanol–water partition coefficient (Wildman–Crippen LogP) is 5.20. The van der Waals surface area contributed by atoms with Gasteiger partial charge in [-0.2, -0.15) is 0 Å². The number of methoxy groups -OCH3 is 2. The highest BCUT2D eigenvalue weighted by molar-refractivity contribution is 5.63. The number of nitrogens with zero attached hydrogens (tertiary/aromatic N) is 2. The van der Waals surface area contributed by atoms with Gasteiger partial charge < -0.3 is 23.5 Å². The van der Waals surface area contributed by atoms with Gasteiger partial charge in [-0.15, -0.1) is 0 Å². The summed E-state index contributed by atoms with van der Waals surface area (Å²) in [5.74, 6) is 3.78. The summed E-state index contributed by atoms with van der Waals surface area (Å²) >= 11 is 0. The van der Waals surface area contributed by atoms with Gasteiger partial charge in [0.25, 0.3) is 0 Å². The molecule has 2 aromatic carbocycles. The highest BCUT2D eigenvalue weighted by Crippen LogP contribution is 2.39. The Morgan fingerprint density at radius 2 is 1.91 bits per heavy atom. The maximum Gasteiger partial charge on any atom is 0.231 e. The molecule has 3 aromatic rings. The van der Waals surface area contributed by atoms with Gasteiger partial charge in [0.05, 0.1) is 20.3 Å². The Kier molecular flexibility index (Phi) is 5.90. The van der Waals surface area contributed by atoms with Crippen molar-refractivity contribution in [2.45, 2.75) is 38.3 Å². The topological polar surface area (TPSA) is 66.2 Å². The molecule has 0 N–H and O–H groups in total. The maximum atomic E-state index is 5.77. The van der Waals surface area contributed by atoms with Crippen LogP contribution in [0.1, 0.15) is 43.0 Å². The van der Waals surface area contributed by atoms with Crippen LogP contribution >= 0.6 is 0 Å². The standard InChI is InChI=1S/C25H28N2O5/c1-28-22-9-6-7-18(25(22)29-2)15-27-12-5-3-4-8-20(27)19-14-23(32-26-19)17-10-11-21-24(13-17)31-16-30-21/h6-7,9-11,13-14,20H,3-5,8,12,15-16H2,1-2H3/t20-/m1/s1. The third-order valence-corrected chi connectivity index (χ3v) is 6.25. The van der Waals surface area contributed by atoms with Crippen molar-refractivity contribution >= 4 is 0 Å². The Balaban J connectivity index is 1.42. The van der Waals surface area contributed by atoms with Crippen LogP contribution in [0, 0.1) is 0 Å². The molecule has 1 saturated heterocycles. The van der Waals surface area contributed by atoms with Gasteiger partial charge in [-0.25, -0.2) is 0 Å². The molecule has 0 bridgehead atoms. The minimum atomic E-state index is 0.180. The second kappa shape index (κ2) is 9.12. The first-order chi connectivity index (χ1) is 15.8. The number of para-hydroxylation sites is 1. The second-order valence-electron chi connectivity index (χ2n) is 8.17. The molecule has 2 aliphatic rings. The summed E-state index contributed by atoms with van der Waals surface area (Å²) in [5, 5.41) is 4.47. The normalized spacial score (nSPS) is 18.4. The van der Waals surface area contributed by atoms with Gasteiger partial charge in [0.15, 0.2) is 28.8 Å². The molecule has 0 unspecified atom stereocenters. The van der Waals surface area contributed by atoms with Gasteiger partial charge in [0.2, 0.25) is 6.79 Å². The van der Waals surface area contributed by atoms with Crippen LogP contribution in [0.2, 0.25) is 0 Å². The molecule has 7 nitrogen and oxygen atoms in total. The summed E-state index contributed by atoms with van der Waals surface area (Å²) in [6, 6.07) is 14.1. The molecule has 0 spiro atoms. The molecular weight excluding hydrogens is 408 g/mol. The van der Waals surface area contributed by atoms with Gasteiger partial charge in [-0.3, -0.25) is 4.90 Å². The van der Waals surface area contributed by atoms with Gasteiger partial charge in [0.1, 0.15) is 5.69 Å². The van der Waals surface area contributed by atoms with Crippen LogP contribution in [-0.4, -0.2) is 37.6 Å². The van der Waals surface area contributed by atoms with E-state index < -0.39 is 0 Å². The molecule has 1 atom stereocenters.